The smallest absolute Gasteiger partial charge is 0.163 e. The van der Waals surface area contributed by atoms with Crippen LogP contribution in [0, 0.1) is 5.92 Å². The first-order valence-electron chi connectivity index (χ1n) is 6.21. The fourth-order valence-electron chi connectivity index (χ4n) is 2.14. The molecule has 1 aliphatic heterocycles. The van der Waals surface area contributed by atoms with Gasteiger partial charge in [0.15, 0.2) is 5.78 Å². The summed E-state index contributed by atoms with van der Waals surface area (Å²) in [5, 5.41) is 3.33. The van der Waals surface area contributed by atoms with Gasteiger partial charge in [-0.25, -0.2) is 0 Å². The van der Waals surface area contributed by atoms with Gasteiger partial charge in [-0.15, -0.1) is 0 Å². The van der Waals surface area contributed by atoms with Gasteiger partial charge in [0.05, 0.1) is 12.2 Å². The molecule has 3 heteroatoms. The van der Waals surface area contributed by atoms with Crippen LogP contribution in [-0.2, 0) is 0 Å². The van der Waals surface area contributed by atoms with Gasteiger partial charge in [0.1, 0.15) is 5.75 Å². The predicted octanol–water partition coefficient (Wildman–Crippen LogP) is 2.27. The maximum atomic E-state index is 11.4. The standard InChI is InChI=1S/C14H19NO2/c1-11(16)13-4-2-3-5-14(13)17-10-12-6-8-15-9-7-12/h2-5,12,15H,6-10H2,1H3. The lowest BCUT2D eigenvalue weighted by molar-refractivity contribution is 0.101. The van der Waals surface area contributed by atoms with Gasteiger partial charge in [0.25, 0.3) is 0 Å². The zero-order chi connectivity index (χ0) is 12.1. The molecule has 1 fully saturated rings. The van der Waals surface area contributed by atoms with Crippen molar-refractivity contribution in [3.05, 3.63) is 29.8 Å². The van der Waals surface area contributed by atoms with E-state index < -0.39 is 0 Å². The number of nitrogens with one attached hydrogen (secondary N) is 1. The molecule has 0 spiro atoms. The molecule has 1 heterocycles. The van der Waals surface area contributed by atoms with Gasteiger partial charge in [-0.3, -0.25) is 4.79 Å². The number of ketones is 1. The van der Waals surface area contributed by atoms with E-state index in [9.17, 15) is 4.79 Å². The van der Waals surface area contributed by atoms with Crippen LogP contribution in [0.15, 0.2) is 24.3 Å². The Morgan fingerprint density at radius 1 is 1.35 bits per heavy atom. The van der Waals surface area contributed by atoms with Gasteiger partial charge in [0.2, 0.25) is 0 Å². The Kier molecular flexibility index (Phi) is 4.15. The number of ether oxygens (including phenoxy) is 1. The van der Waals surface area contributed by atoms with Gasteiger partial charge in [-0.05, 0) is 50.9 Å². The lowest BCUT2D eigenvalue weighted by Gasteiger charge is -2.23. The molecule has 0 amide bonds. The largest absolute Gasteiger partial charge is 0.493 e. The third-order valence-electron chi connectivity index (χ3n) is 3.20. The molecular formula is C14H19NO2. The van der Waals surface area contributed by atoms with Crippen LogP contribution in [0.4, 0.5) is 0 Å². The zero-order valence-corrected chi connectivity index (χ0v) is 10.2. The zero-order valence-electron chi connectivity index (χ0n) is 10.2. The lowest BCUT2D eigenvalue weighted by atomic mass is 9.99. The van der Waals surface area contributed by atoms with Crippen molar-refractivity contribution in [3.8, 4) is 5.75 Å². The molecule has 3 nitrogen and oxygen atoms in total. The second-order valence-corrected chi connectivity index (χ2v) is 4.56. The lowest BCUT2D eigenvalue weighted by Crippen LogP contribution is -2.30. The highest BCUT2D eigenvalue weighted by Crippen LogP contribution is 2.20. The molecule has 1 saturated heterocycles. The Hall–Kier alpha value is -1.35. The van der Waals surface area contributed by atoms with Crippen LogP contribution in [0.1, 0.15) is 30.1 Å². The molecule has 17 heavy (non-hydrogen) atoms. The molecule has 0 radical (unpaired) electrons. The van der Waals surface area contributed by atoms with Crippen LogP contribution in [0.25, 0.3) is 0 Å². The topological polar surface area (TPSA) is 38.3 Å². The monoisotopic (exact) mass is 233 g/mol. The van der Waals surface area contributed by atoms with Gasteiger partial charge in [-0.1, -0.05) is 12.1 Å². The van der Waals surface area contributed by atoms with Crippen LogP contribution in [-0.4, -0.2) is 25.5 Å². The first-order valence-corrected chi connectivity index (χ1v) is 6.21. The molecule has 0 atom stereocenters. The molecule has 0 aromatic heterocycles. The second-order valence-electron chi connectivity index (χ2n) is 4.56. The number of hydrogen-bond donors (Lipinski definition) is 1. The van der Waals surface area contributed by atoms with Crippen molar-refractivity contribution < 1.29 is 9.53 Å². The van der Waals surface area contributed by atoms with E-state index in [-0.39, 0.29) is 5.78 Å². The minimum atomic E-state index is 0.0610. The van der Waals surface area contributed by atoms with Crippen molar-refractivity contribution >= 4 is 5.78 Å². The first kappa shape index (κ1) is 12.1. The summed E-state index contributed by atoms with van der Waals surface area (Å²) in [7, 11) is 0. The number of carbonyl (C=O) groups is 1. The third kappa shape index (κ3) is 3.30. The van der Waals surface area contributed by atoms with Crippen molar-refractivity contribution in [3.63, 3.8) is 0 Å². The van der Waals surface area contributed by atoms with Crippen LogP contribution < -0.4 is 10.1 Å². The fourth-order valence-corrected chi connectivity index (χ4v) is 2.14. The van der Waals surface area contributed by atoms with Gasteiger partial charge >= 0.3 is 0 Å². The third-order valence-corrected chi connectivity index (χ3v) is 3.20. The number of carbonyl (C=O) groups excluding carboxylic acids is 1. The summed E-state index contributed by atoms with van der Waals surface area (Å²) in [5.41, 5.74) is 0.682. The maximum absolute atomic E-state index is 11.4. The van der Waals surface area contributed by atoms with Crippen molar-refractivity contribution in [2.24, 2.45) is 5.92 Å². The molecule has 92 valence electrons. The highest BCUT2D eigenvalue weighted by atomic mass is 16.5. The Labute approximate surface area is 102 Å². The molecule has 1 aliphatic rings. The Morgan fingerprint density at radius 2 is 2.06 bits per heavy atom. The van der Waals surface area contributed by atoms with E-state index in [2.05, 4.69) is 5.32 Å². The molecule has 0 bridgehead atoms. The van der Waals surface area contributed by atoms with Gasteiger partial charge in [-0.2, -0.15) is 0 Å². The van der Waals surface area contributed by atoms with E-state index in [0.717, 1.165) is 31.7 Å². The minimum Gasteiger partial charge on any atom is -0.493 e. The Bertz CT molecular complexity index is 384. The van der Waals surface area contributed by atoms with Crippen molar-refractivity contribution in [2.45, 2.75) is 19.8 Å². The number of piperidine rings is 1. The molecule has 1 N–H and O–H groups in total. The van der Waals surface area contributed by atoms with Crippen LogP contribution >= 0.6 is 0 Å². The summed E-state index contributed by atoms with van der Waals surface area (Å²) < 4.78 is 5.79. The van der Waals surface area contributed by atoms with E-state index in [1.165, 1.54) is 0 Å². The van der Waals surface area contributed by atoms with E-state index in [4.69, 9.17) is 4.74 Å². The molecule has 0 aliphatic carbocycles. The second kappa shape index (κ2) is 5.82. The van der Waals surface area contributed by atoms with Gasteiger partial charge in [0, 0.05) is 0 Å². The highest BCUT2D eigenvalue weighted by Gasteiger charge is 2.15. The maximum Gasteiger partial charge on any atom is 0.163 e. The van der Waals surface area contributed by atoms with Gasteiger partial charge < -0.3 is 10.1 Å². The Balaban J connectivity index is 1.96. The van der Waals surface area contributed by atoms with E-state index in [1.807, 2.05) is 24.3 Å². The SMILES string of the molecule is CC(=O)c1ccccc1OCC1CCNCC1. The quantitative estimate of drug-likeness (QED) is 0.811. The molecule has 2 rings (SSSR count). The summed E-state index contributed by atoms with van der Waals surface area (Å²) in [6, 6.07) is 7.47. The average Bonchev–Trinajstić information content (AvgIpc) is 2.38. The highest BCUT2D eigenvalue weighted by molar-refractivity contribution is 5.96. The number of Topliss-reactive ketones (excluding diaryl/α,β-unsaturated/α-hetero) is 1. The van der Waals surface area contributed by atoms with E-state index in [1.54, 1.807) is 6.92 Å². The summed E-state index contributed by atoms with van der Waals surface area (Å²) in [6.07, 6.45) is 2.31. The molecule has 0 saturated carbocycles. The molecular weight excluding hydrogens is 214 g/mol. The molecule has 1 aromatic carbocycles. The summed E-state index contributed by atoms with van der Waals surface area (Å²) >= 11 is 0. The van der Waals surface area contributed by atoms with E-state index in [0.29, 0.717) is 18.1 Å². The van der Waals surface area contributed by atoms with Crippen molar-refractivity contribution in [1.82, 2.24) is 5.32 Å². The molecule has 0 unspecified atom stereocenters. The number of para-hydroxylation sites is 1. The average molecular weight is 233 g/mol. The van der Waals surface area contributed by atoms with Crippen molar-refractivity contribution in [1.29, 1.82) is 0 Å². The van der Waals surface area contributed by atoms with Crippen LogP contribution in [0.3, 0.4) is 0 Å². The summed E-state index contributed by atoms with van der Waals surface area (Å²) in [4.78, 5) is 11.4. The predicted molar refractivity (Wildman–Crippen MR) is 67.5 cm³/mol. The Morgan fingerprint density at radius 3 is 2.76 bits per heavy atom. The fraction of sp³-hybridized carbons (Fsp3) is 0.500. The molecule has 1 aromatic rings. The summed E-state index contributed by atoms with van der Waals surface area (Å²) in [5.74, 6) is 1.39. The van der Waals surface area contributed by atoms with Crippen LogP contribution in [0.5, 0.6) is 5.75 Å². The number of rotatable bonds is 4. The van der Waals surface area contributed by atoms with Crippen LogP contribution in [0.2, 0.25) is 0 Å². The number of hydrogen-bond acceptors (Lipinski definition) is 3. The van der Waals surface area contributed by atoms with E-state index >= 15 is 0 Å². The summed E-state index contributed by atoms with van der Waals surface area (Å²) in [6.45, 7) is 4.43. The minimum absolute atomic E-state index is 0.0610. The first-order chi connectivity index (χ1) is 8.27. The normalized spacial score (nSPS) is 16.8. The van der Waals surface area contributed by atoms with Crippen molar-refractivity contribution in [2.75, 3.05) is 19.7 Å². The number of benzene rings is 1.